The van der Waals surface area contributed by atoms with Gasteiger partial charge < -0.3 is 14.8 Å². The van der Waals surface area contributed by atoms with E-state index in [1.807, 2.05) is 30.3 Å². The van der Waals surface area contributed by atoms with Gasteiger partial charge in [0.15, 0.2) is 0 Å². The summed E-state index contributed by atoms with van der Waals surface area (Å²) in [7, 11) is 1.33. The fourth-order valence-electron chi connectivity index (χ4n) is 2.16. The van der Waals surface area contributed by atoms with Crippen molar-refractivity contribution in [2.75, 3.05) is 20.2 Å². The first-order valence-corrected chi connectivity index (χ1v) is 6.21. The summed E-state index contributed by atoms with van der Waals surface area (Å²) in [6.07, 6.45) is 0. The lowest BCUT2D eigenvalue weighted by Crippen LogP contribution is -2.30. The van der Waals surface area contributed by atoms with E-state index >= 15 is 0 Å². The zero-order valence-corrected chi connectivity index (χ0v) is 10.8. The van der Waals surface area contributed by atoms with E-state index in [2.05, 4.69) is 5.32 Å². The summed E-state index contributed by atoms with van der Waals surface area (Å²) in [5, 5.41) is 3.02. The molecule has 102 valence electrons. The molecule has 1 fully saturated rings. The number of hydrogen-bond acceptors (Lipinski definition) is 5. The number of hydrogen-bond donors (Lipinski definition) is 1. The summed E-state index contributed by atoms with van der Waals surface area (Å²) in [5.41, 5.74) is 0.927. The van der Waals surface area contributed by atoms with Crippen molar-refractivity contribution < 1.29 is 19.1 Å². The van der Waals surface area contributed by atoms with Crippen LogP contribution in [0.5, 0.6) is 0 Å². The van der Waals surface area contributed by atoms with E-state index in [0.29, 0.717) is 13.1 Å². The van der Waals surface area contributed by atoms with E-state index in [1.165, 1.54) is 7.11 Å². The van der Waals surface area contributed by atoms with Crippen molar-refractivity contribution in [1.82, 2.24) is 5.32 Å². The maximum absolute atomic E-state index is 12.0. The van der Waals surface area contributed by atoms with Crippen LogP contribution in [0.15, 0.2) is 30.3 Å². The van der Waals surface area contributed by atoms with Gasteiger partial charge in [-0.1, -0.05) is 30.3 Å². The minimum atomic E-state index is -0.462. The molecule has 0 bridgehead atoms. The van der Waals surface area contributed by atoms with Gasteiger partial charge in [-0.2, -0.15) is 0 Å². The first-order valence-electron chi connectivity index (χ1n) is 6.21. The molecule has 0 saturated carbocycles. The van der Waals surface area contributed by atoms with E-state index in [9.17, 15) is 9.59 Å². The lowest BCUT2D eigenvalue weighted by molar-refractivity contribution is -0.157. The molecular weight excluding hydrogens is 246 g/mol. The molecule has 0 amide bonds. The van der Waals surface area contributed by atoms with Crippen LogP contribution in [0, 0.1) is 11.8 Å². The van der Waals surface area contributed by atoms with Crippen molar-refractivity contribution in [3.8, 4) is 0 Å². The lowest BCUT2D eigenvalue weighted by atomic mass is 9.96. The van der Waals surface area contributed by atoms with Gasteiger partial charge in [-0.15, -0.1) is 0 Å². The zero-order chi connectivity index (χ0) is 13.7. The monoisotopic (exact) mass is 263 g/mol. The Labute approximate surface area is 111 Å². The Kier molecular flexibility index (Phi) is 4.52. The van der Waals surface area contributed by atoms with Crippen molar-refractivity contribution in [3.63, 3.8) is 0 Å². The molecule has 5 nitrogen and oxygen atoms in total. The molecular formula is C14H17NO4. The maximum Gasteiger partial charge on any atom is 0.311 e. The highest BCUT2D eigenvalue weighted by Crippen LogP contribution is 2.20. The van der Waals surface area contributed by atoms with Gasteiger partial charge in [-0.3, -0.25) is 9.59 Å². The summed E-state index contributed by atoms with van der Waals surface area (Å²) < 4.78 is 9.94. The average molecular weight is 263 g/mol. The van der Waals surface area contributed by atoms with E-state index < -0.39 is 11.8 Å². The summed E-state index contributed by atoms with van der Waals surface area (Å²) in [5.74, 6) is -1.64. The third kappa shape index (κ3) is 3.32. The van der Waals surface area contributed by atoms with Crippen molar-refractivity contribution in [1.29, 1.82) is 0 Å². The lowest BCUT2D eigenvalue weighted by Gasteiger charge is -2.15. The number of esters is 2. The number of benzene rings is 1. The summed E-state index contributed by atoms with van der Waals surface area (Å²) in [6, 6.07) is 9.45. The van der Waals surface area contributed by atoms with Gasteiger partial charge in [0.2, 0.25) is 0 Å². The molecule has 0 radical (unpaired) electrons. The van der Waals surface area contributed by atoms with E-state index in [-0.39, 0.29) is 18.5 Å². The van der Waals surface area contributed by atoms with Crippen LogP contribution in [-0.2, 0) is 25.7 Å². The molecule has 1 heterocycles. The van der Waals surface area contributed by atoms with Crippen molar-refractivity contribution in [3.05, 3.63) is 35.9 Å². The first kappa shape index (κ1) is 13.5. The van der Waals surface area contributed by atoms with Gasteiger partial charge in [0.1, 0.15) is 6.61 Å². The number of ether oxygens (including phenoxy) is 2. The SMILES string of the molecule is COC(=O)[C@H]1CNC[C@@H]1C(=O)OCc1ccccc1. The standard InChI is InChI=1S/C14H17NO4/c1-18-13(16)11-7-15-8-12(11)14(17)19-9-10-5-3-2-4-6-10/h2-6,11-12,15H,7-9H2,1H3/t11-,12-/m0/s1. The van der Waals surface area contributed by atoms with Crippen LogP contribution >= 0.6 is 0 Å². The Morgan fingerprint density at radius 1 is 1.16 bits per heavy atom. The van der Waals surface area contributed by atoms with Crippen molar-refractivity contribution in [2.45, 2.75) is 6.61 Å². The Bertz CT molecular complexity index is 446. The Balaban J connectivity index is 1.90. The highest BCUT2D eigenvalue weighted by Gasteiger charge is 2.39. The van der Waals surface area contributed by atoms with Gasteiger partial charge in [0.05, 0.1) is 18.9 Å². The normalized spacial score (nSPS) is 21.9. The van der Waals surface area contributed by atoms with Crippen LogP contribution in [0.4, 0.5) is 0 Å². The van der Waals surface area contributed by atoms with Crippen LogP contribution < -0.4 is 5.32 Å². The molecule has 1 aliphatic rings. The van der Waals surface area contributed by atoms with Gasteiger partial charge in [0.25, 0.3) is 0 Å². The smallest absolute Gasteiger partial charge is 0.311 e. The molecule has 0 aliphatic carbocycles. The van der Waals surface area contributed by atoms with E-state index in [1.54, 1.807) is 0 Å². The first-order chi connectivity index (χ1) is 9.22. The average Bonchev–Trinajstić information content (AvgIpc) is 2.94. The van der Waals surface area contributed by atoms with Crippen LogP contribution in [-0.4, -0.2) is 32.1 Å². The fourth-order valence-corrected chi connectivity index (χ4v) is 2.16. The number of carbonyl (C=O) groups is 2. The molecule has 1 saturated heterocycles. The van der Waals surface area contributed by atoms with Crippen LogP contribution in [0.3, 0.4) is 0 Å². The zero-order valence-electron chi connectivity index (χ0n) is 10.8. The molecule has 1 aromatic rings. The van der Waals surface area contributed by atoms with Gasteiger partial charge in [0, 0.05) is 13.1 Å². The highest BCUT2D eigenvalue weighted by atomic mass is 16.5. The van der Waals surface area contributed by atoms with Crippen molar-refractivity contribution >= 4 is 11.9 Å². The second-order valence-corrected chi connectivity index (χ2v) is 4.49. The molecule has 0 aromatic heterocycles. The summed E-state index contributed by atoms with van der Waals surface area (Å²) >= 11 is 0. The van der Waals surface area contributed by atoms with Crippen LogP contribution in [0.2, 0.25) is 0 Å². The van der Waals surface area contributed by atoms with Gasteiger partial charge in [-0.25, -0.2) is 0 Å². The minimum Gasteiger partial charge on any atom is -0.469 e. The third-order valence-corrected chi connectivity index (χ3v) is 3.24. The van der Waals surface area contributed by atoms with Gasteiger partial charge in [-0.05, 0) is 5.56 Å². The molecule has 5 heteroatoms. The van der Waals surface area contributed by atoms with Crippen LogP contribution in [0.1, 0.15) is 5.56 Å². The molecule has 1 aromatic carbocycles. The van der Waals surface area contributed by atoms with E-state index in [0.717, 1.165) is 5.56 Å². The maximum atomic E-state index is 12.0. The predicted octanol–water partition coefficient (Wildman–Crippen LogP) is 0.738. The molecule has 2 rings (SSSR count). The molecule has 19 heavy (non-hydrogen) atoms. The number of methoxy groups -OCH3 is 1. The Morgan fingerprint density at radius 2 is 1.79 bits per heavy atom. The molecule has 0 spiro atoms. The third-order valence-electron chi connectivity index (χ3n) is 3.24. The topological polar surface area (TPSA) is 64.6 Å². The largest absolute Gasteiger partial charge is 0.469 e. The molecule has 2 atom stereocenters. The minimum absolute atomic E-state index is 0.226. The fraction of sp³-hybridized carbons (Fsp3) is 0.429. The molecule has 1 N–H and O–H groups in total. The predicted molar refractivity (Wildman–Crippen MR) is 68.1 cm³/mol. The van der Waals surface area contributed by atoms with E-state index in [4.69, 9.17) is 9.47 Å². The molecule has 1 aliphatic heterocycles. The van der Waals surface area contributed by atoms with Crippen LogP contribution in [0.25, 0.3) is 0 Å². The second kappa shape index (κ2) is 6.33. The number of carbonyl (C=O) groups excluding carboxylic acids is 2. The number of rotatable bonds is 4. The van der Waals surface area contributed by atoms with Crippen molar-refractivity contribution in [2.24, 2.45) is 11.8 Å². The Morgan fingerprint density at radius 3 is 2.42 bits per heavy atom. The summed E-state index contributed by atoms with van der Waals surface area (Å²) in [4.78, 5) is 23.5. The number of nitrogens with one attached hydrogen (secondary N) is 1. The summed E-state index contributed by atoms with van der Waals surface area (Å²) in [6.45, 7) is 1.13. The van der Waals surface area contributed by atoms with Gasteiger partial charge >= 0.3 is 11.9 Å². The molecule has 0 unspecified atom stereocenters. The quantitative estimate of drug-likeness (QED) is 0.812. The Hall–Kier alpha value is -1.88. The highest BCUT2D eigenvalue weighted by molar-refractivity contribution is 5.83. The second-order valence-electron chi connectivity index (χ2n) is 4.49.